The normalized spacial score (nSPS) is 13.5. The second-order valence-electron chi connectivity index (χ2n) is 4.37. The summed E-state index contributed by atoms with van der Waals surface area (Å²) in [4.78, 5) is 1.10. The molecule has 2 rings (SSSR count). The van der Waals surface area contributed by atoms with Gasteiger partial charge in [0.25, 0.3) is 0 Å². The molecule has 110 valence electrons. The predicted molar refractivity (Wildman–Crippen MR) is 77.0 cm³/mol. The molecule has 0 fully saturated rings. The molecule has 0 bridgehead atoms. The van der Waals surface area contributed by atoms with Gasteiger partial charge in [-0.2, -0.15) is 5.10 Å². The highest BCUT2D eigenvalue weighted by Crippen LogP contribution is 2.20. The van der Waals surface area contributed by atoms with Crippen LogP contribution in [0.1, 0.15) is 24.3 Å². The number of aliphatic hydroxyl groups excluding tert-OH is 1. The van der Waals surface area contributed by atoms with Crippen LogP contribution in [0.2, 0.25) is 0 Å². The number of aliphatic hydroxyl groups is 1. The highest BCUT2D eigenvalue weighted by Gasteiger charge is 2.20. The van der Waals surface area contributed by atoms with E-state index in [0.29, 0.717) is 13.0 Å². The molecule has 2 heterocycles. The van der Waals surface area contributed by atoms with Crippen molar-refractivity contribution in [3.05, 3.63) is 34.8 Å². The van der Waals surface area contributed by atoms with Crippen LogP contribution in [0.5, 0.6) is 0 Å². The second-order valence-corrected chi connectivity index (χ2v) is 7.07. The molecular weight excluding hydrogens is 298 g/mol. The lowest BCUT2D eigenvalue weighted by molar-refractivity contribution is 0.277. The van der Waals surface area contributed by atoms with Gasteiger partial charge in [0.15, 0.2) is 0 Å². The van der Waals surface area contributed by atoms with Gasteiger partial charge in [0.1, 0.15) is 4.90 Å². The SMILES string of the molecule is CC(NS(=O)(=O)c1cnn(CCCO)c1)c1cccs1. The van der Waals surface area contributed by atoms with Gasteiger partial charge in [-0.05, 0) is 24.8 Å². The fourth-order valence-corrected chi connectivity index (χ4v) is 3.72. The third-order valence-corrected chi connectivity index (χ3v) is 5.32. The van der Waals surface area contributed by atoms with Gasteiger partial charge in [-0.25, -0.2) is 13.1 Å². The molecule has 0 saturated heterocycles. The lowest BCUT2D eigenvalue weighted by Gasteiger charge is -2.11. The van der Waals surface area contributed by atoms with Gasteiger partial charge in [-0.3, -0.25) is 4.68 Å². The number of aromatic nitrogens is 2. The third kappa shape index (κ3) is 3.66. The van der Waals surface area contributed by atoms with E-state index >= 15 is 0 Å². The van der Waals surface area contributed by atoms with Gasteiger partial charge in [-0.15, -0.1) is 11.3 Å². The second kappa shape index (κ2) is 6.49. The van der Waals surface area contributed by atoms with Crippen molar-refractivity contribution in [1.29, 1.82) is 0 Å². The summed E-state index contributed by atoms with van der Waals surface area (Å²) in [6, 6.07) is 3.50. The molecule has 2 N–H and O–H groups in total. The summed E-state index contributed by atoms with van der Waals surface area (Å²) in [5.74, 6) is 0. The van der Waals surface area contributed by atoms with Crippen molar-refractivity contribution in [1.82, 2.24) is 14.5 Å². The number of thiophene rings is 1. The number of hydrogen-bond acceptors (Lipinski definition) is 5. The van der Waals surface area contributed by atoms with Crippen LogP contribution >= 0.6 is 11.3 Å². The molecule has 8 heteroatoms. The largest absolute Gasteiger partial charge is 0.396 e. The fourth-order valence-electron chi connectivity index (χ4n) is 1.73. The van der Waals surface area contributed by atoms with Crippen molar-refractivity contribution in [3.63, 3.8) is 0 Å². The van der Waals surface area contributed by atoms with Crippen molar-refractivity contribution in [2.45, 2.75) is 30.8 Å². The van der Waals surface area contributed by atoms with Gasteiger partial charge >= 0.3 is 0 Å². The standard InChI is InChI=1S/C12H17N3O3S2/c1-10(12-4-2-7-19-12)14-20(17,18)11-8-13-15(9-11)5-3-6-16/h2,4,7-10,14,16H,3,5-6H2,1H3. The van der Waals surface area contributed by atoms with Crippen LogP contribution in [-0.2, 0) is 16.6 Å². The summed E-state index contributed by atoms with van der Waals surface area (Å²) >= 11 is 1.51. The molecule has 1 unspecified atom stereocenters. The van der Waals surface area contributed by atoms with Crippen LogP contribution in [0.25, 0.3) is 0 Å². The summed E-state index contributed by atoms with van der Waals surface area (Å²) in [6.45, 7) is 2.35. The van der Waals surface area contributed by atoms with Gasteiger partial charge in [0.05, 0.1) is 12.2 Å². The summed E-state index contributed by atoms with van der Waals surface area (Å²) in [6.07, 6.45) is 3.33. The van der Waals surface area contributed by atoms with Crippen LogP contribution in [0.15, 0.2) is 34.8 Å². The zero-order chi connectivity index (χ0) is 14.6. The molecule has 20 heavy (non-hydrogen) atoms. The van der Waals surface area contributed by atoms with Crippen LogP contribution in [0, 0.1) is 0 Å². The Morgan fingerprint density at radius 3 is 3.00 bits per heavy atom. The Bertz CT molecular complexity index is 635. The first-order valence-corrected chi connectivity index (χ1v) is 8.58. The summed E-state index contributed by atoms with van der Waals surface area (Å²) in [5, 5.41) is 14.6. The zero-order valence-electron chi connectivity index (χ0n) is 11.1. The molecule has 6 nitrogen and oxygen atoms in total. The highest BCUT2D eigenvalue weighted by molar-refractivity contribution is 7.89. The lowest BCUT2D eigenvalue weighted by atomic mass is 10.3. The van der Waals surface area contributed by atoms with E-state index in [0.717, 1.165) is 4.88 Å². The van der Waals surface area contributed by atoms with Crippen LogP contribution < -0.4 is 4.72 Å². The molecule has 0 amide bonds. The number of nitrogens with zero attached hydrogens (tertiary/aromatic N) is 2. The zero-order valence-corrected chi connectivity index (χ0v) is 12.7. The molecule has 0 aliphatic carbocycles. The first kappa shape index (κ1) is 15.2. The van der Waals surface area contributed by atoms with E-state index in [1.54, 1.807) is 6.92 Å². The Balaban J connectivity index is 2.08. The molecular formula is C12H17N3O3S2. The van der Waals surface area contributed by atoms with Crippen molar-refractivity contribution in [2.24, 2.45) is 0 Å². The molecule has 1 atom stereocenters. The van der Waals surface area contributed by atoms with Crippen molar-refractivity contribution in [2.75, 3.05) is 6.61 Å². The maximum atomic E-state index is 12.2. The topological polar surface area (TPSA) is 84.2 Å². The molecule has 0 spiro atoms. The number of hydrogen-bond donors (Lipinski definition) is 2. The summed E-state index contributed by atoms with van der Waals surface area (Å²) in [5.41, 5.74) is 0. The quantitative estimate of drug-likeness (QED) is 0.808. The summed E-state index contributed by atoms with van der Waals surface area (Å²) < 4.78 is 28.6. The first-order valence-electron chi connectivity index (χ1n) is 6.22. The van der Waals surface area contributed by atoms with Crippen molar-refractivity contribution in [3.8, 4) is 0 Å². The highest BCUT2D eigenvalue weighted by atomic mass is 32.2. The van der Waals surface area contributed by atoms with Gasteiger partial charge in [-0.1, -0.05) is 6.07 Å². The van der Waals surface area contributed by atoms with Gasteiger partial charge in [0, 0.05) is 24.2 Å². The Hall–Kier alpha value is -1.22. The Morgan fingerprint density at radius 2 is 2.35 bits per heavy atom. The molecule has 0 radical (unpaired) electrons. The molecule has 0 aliphatic rings. The number of sulfonamides is 1. The molecule has 0 saturated carbocycles. The van der Waals surface area contributed by atoms with Crippen LogP contribution in [0.4, 0.5) is 0 Å². The summed E-state index contributed by atoms with van der Waals surface area (Å²) in [7, 11) is -3.58. The average molecular weight is 315 g/mol. The third-order valence-electron chi connectivity index (χ3n) is 2.77. The first-order chi connectivity index (χ1) is 9.53. The van der Waals surface area contributed by atoms with E-state index < -0.39 is 10.0 Å². The number of aryl methyl sites for hydroxylation is 1. The lowest BCUT2D eigenvalue weighted by Crippen LogP contribution is -2.26. The molecule has 2 aromatic rings. The minimum Gasteiger partial charge on any atom is -0.396 e. The van der Waals surface area contributed by atoms with Crippen LogP contribution in [0.3, 0.4) is 0 Å². The minimum atomic E-state index is -3.58. The maximum Gasteiger partial charge on any atom is 0.244 e. The Morgan fingerprint density at radius 1 is 1.55 bits per heavy atom. The van der Waals surface area contributed by atoms with E-state index in [2.05, 4.69) is 9.82 Å². The van der Waals surface area contributed by atoms with E-state index in [1.807, 2.05) is 17.5 Å². The Labute approximate surface area is 122 Å². The van der Waals surface area contributed by atoms with E-state index in [9.17, 15) is 8.42 Å². The molecule has 0 aromatic carbocycles. The van der Waals surface area contributed by atoms with Crippen LogP contribution in [-0.4, -0.2) is 29.9 Å². The van der Waals surface area contributed by atoms with E-state index in [-0.39, 0.29) is 17.5 Å². The Kier molecular flexibility index (Phi) is 4.92. The minimum absolute atomic E-state index is 0.0512. The fraction of sp³-hybridized carbons (Fsp3) is 0.417. The maximum absolute atomic E-state index is 12.2. The number of nitrogens with one attached hydrogen (secondary N) is 1. The van der Waals surface area contributed by atoms with E-state index in [4.69, 9.17) is 5.11 Å². The van der Waals surface area contributed by atoms with Gasteiger partial charge < -0.3 is 5.11 Å². The predicted octanol–water partition coefficient (Wildman–Crippen LogP) is 1.37. The van der Waals surface area contributed by atoms with Crippen molar-refractivity contribution < 1.29 is 13.5 Å². The van der Waals surface area contributed by atoms with Gasteiger partial charge in [0.2, 0.25) is 10.0 Å². The average Bonchev–Trinajstić information content (AvgIpc) is 3.07. The van der Waals surface area contributed by atoms with E-state index in [1.165, 1.54) is 28.4 Å². The molecule has 2 aromatic heterocycles. The number of rotatable bonds is 7. The van der Waals surface area contributed by atoms with Crippen molar-refractivity contribution >= 4 is 21.4 Å². The molecule has 0 aliphatic heterocycles. The smallest absolute Gasteiger partial charge is 0.244 e. The monoisotopic (exact) mass is 315 g/mol.